The molecule has 0 amide bonds. The molecule has 4 aliphatic heterocycles. The van der Waals surface area contributed by atoms with Gasteiger partial charge in [-0.25, -0.2) is 9.97 Å². The van der Waals surface area contributed by atoms with Crippen LogP contribution in [0.5, 0.6) is 0 Å². The molecule has 0 spiro atoms. The molecule has 4 saturated heterocycles. The zero-order chi connectivity index (χ0) is 18.1. The molecule has 4 fully saturated rings. The molecule has 0 radical (unpaired) electrons. The molecule has 2 atom stereocenters. The topological polar surface area (TPSA) is 54.6 Å². The standard InChI is InChI=1S/C21H28N4O2/c1-2-20(27-7-1)21-22-10-17(11-23-21)14-24-12-16-3-4-19(24)15-25(13-16)18-5-8-26-9-6-18/h1-2,7,10-11,16,18-19H,3-6,8-9,12-15H2/t16-,19-/m1/s1. The molecule has 6 heteroatoms. The molecule has 2 aromatic heterocycles. The molecule has 6 heterocycles. The Labute approximate surface area is 160 Å². The van der Waals surface area contributed by atoms with Gasteiger partial charge in [-0.2, -0.15) is 0 Å². The Hall–Kier alpha value is -1.76. The van der Waals surface area contributed by atoms with E-state index in [0.29, 0.717) is 11.9 Å². The summed E-state index contributed by atoms with van der Waals surface area (Å²) >= 11 is 0. The van der Waals surface area contributed by atoms with Gasteiger partial charge < -0.3 is 9.15 Å². The predicted molar refractivity (Wildman–Crippen MR) is 102 cm³/mol. The van der Waals surface area contributed by atoms with Gasteiger partial charge in [-0.05, 0) is 43.7 Å². The van der Waals surface area contributed by atoms with Crippen LogP contribution in [0.2, 0.25) is 0 Å². The van der Waals surface area contributed by atoms with E-state index in [1.54, 1.807) is 6.26 Å². The molecule has 0 aromatic carbocycles. The van der Waals surface area contributed by atoms with E-state index < -0.39 is 0 Å². The summed E-state index contributed by atoms with van der Waals surface area (Å²) in [6.07, 6.45) is 10.7. The molecular weight excluding hydrogens is 340 g/mol. The monoisotopic (exact) mass is 368 g/mol. The van der Waals surface area contributed by atoms with Crippen LogP contribution in [0.25, 0.3) is 11.6 Å². The highest BCUT2D eigenvalue weighted by molar-refractivity contribution is 5.45. The lowest BCUT2D eigenvalue weighted by Crippen LogP contribution is -2.45. The Morgan fingerprint density at radius 2 is 1.81 bits per heavy atom. The van der Waals surface area contributed by atoms with Crippen molar-refractivity contribution >= 4 is 0 Å². The SMILES string of the molecule is c1coc(-c2ncc(CN3C[C@H]4CC[C@@H]3CN(C3CCOCC3)C4)cn2)c1. The number of aromatic nitrogens is 2. The van der Waals surface area contributed by atoms with Crippen molar-refractivity contribution in [2.75, 3.05) is 32.8 Å². The van der Waals surface area contributed by atoms with Crippen LogP contribution in [0.15, 0.2) is 35.2 Å². The minimum absolute atomic E-state index is 0.649. The number of ether oxygens (including phenoxy) is 1. The van der Waals surface area contributed by atoms with Crippen LogP contribution in [-0.2, 0) is 11.3 Å². The lowest BCUT2D eigenvalue weighted by atomic mass is 9.94. The van der Waals surface area contributed by atoms with Gasteiger partial charge in [-0.1, -0.05) is 0 Å². The fourth-order valence-electron chi connectivity index (χ4n) is 4.96. The first-order valence-corrected chi connectivity index (χ1v) is 10.3. The van der Waals surface area contributed by atoms with Gasteiger partial charge >= 0.3 is 0 Å². The van der Waals surface area contributed by atoms with E-state index >= 15 is 0 Å². The van der Waals surface area contributed by atoms with Crippen LogP contribution in [0.1, 0.15) is 31.2 Å². The average molecular weight is 368 g/mol. The van der Waals surface area contributed by atoms with Crippen molar-refractivity contribution < 1.29 is 9.15 Å². The van der Waals surface area contributed by atoms with Crippen LogP contribution < -0.4 is 0 Å². The maximum absolute atomic E-state index is 5.57. The molecule has 0 saturated carbocycles. The first kappa shape index (κ1) is 17.3. The van der Waals surface area contributed by atoms with Gasteiger partial charge in [0, 0.05) is 69.4 Å². The van der Waals surface area contributed by atoms with E-state index in [4.69, 9.17) is 9.15 Å². The van der Waals surface area contributed by atoms with E-state index in [0.717, 1.165) is 37.5 Å². The predicted octanol–water partition coefficient (Wildman–Crippen LogP) is 2.81. The quantitative estimate of drug-likeness (QED) is 0.827. The van der Waals surface area contributed by atoms with Crippen LogP contribution >= 0.6 is 0 Å². The number of furan rings is 1. The van der Waals surface area contributed by atoms with Crippen molar-refractivity contribution in [2.24, 2.45) is 5.92 Å². The Morgan fingerprint density at radius 3 is 2.59 bits per heavy atom. The largest absolute Gasteiger partial charge is 0.461 e. The third-order valence-electron chi connectivity index (χ3n) is 6.39. The summed E-state index contributed by atoms with van der Waals surface area (Å²) in [5.74, 6) is 2.17. The smallest absolute Gasteiger partial charge is 0.195 e. The second-order valence-electron chi connectivity index (χ2n) is 8.22. The molecule has 0 N–H and O–H groups in total. The average Bonchev–Trinajstić information content (AvgIpc) is 3.11. The lowest BCUT2D eigenvalue weighted by molar-refractivity contribution is 0.0307. The Bertz CT molecular complexity index is 727. The summed E-state index contributed by atoms with van der Waals surface area (Å²) in [4.78, 5) is 14.4. The van der Waals surface area contributed by atoms with E-state index in [-0.39, 0.29) is 0 Å². The number of rotatable bonds is 4. The van der Waals surface area contributed by atoms with Crippen molar-refractivity contribution in [3.8, 4) is 11.6 Å². The van der Waals surface area contributed by atoms with Crippen LogP contribution in [0.4, 0.5) is 0 Å². The zero-order valence-corrected chi connectivity index (χ0v) is 15.8. The first-order valence-electron chi connectivity index (χ1n) is 10.3. The number of fused-ring (bicyclic) bond motifs is 4. The van der Waals surface area contributed by atoms with Gasteiger partial charge in [-0.15, -0.1) is 0 Å². The number of nitrogens with zero attached hydrogens (tertiary/aromatic N) is 4. The molecule has 2 bridgehead atoms. The highest BCUT2D eigenvalue weighted by atomic mass is 16.5. The summed E-state index contributed by atoms with van der Waals surface area (Å²) < 4.78 is 11.0. The molecule has 4 aliphatic rings. The van der Waals surface area contributed by atoms with E-state index in [1.807, 2.05) is 24.5 Å². The molecule has 144 valence electrons. The number of piperidine rings is 1. The summed E-state index contributed by atoms with van der Waals surface area (Å²) in [6.45, 7) is 6.46. The van der Waals surface area contributed by atoms with Crippen molar-refractivity contribution in [2.45, 2.75) is 44.3 Å². The summed E-state index contributed by atoms with van der Waals surface area (Å²) in [6, 6.07) is 5.13. The van der Waals surface area contributed by atoms with Crippen molar-refractivity contribution in [3.05, 3.63) is 36.4 Å². The summed E-state index contributed by atoms with van der Waals surface area (Å²) in [5.41, 5.74) is 1.19. The van der Waals surface area contributed by atoms with E-state index in [2.05, 4.69) is 19.8 Å². The maximum Gasteiger partial charge on any atom is 0.195 e. The molecular formula is C21H28N4O2. The first-order chi connectivity index (χ1) is 13.3. The zero-order valence-electron chi connectivity index (χ0n) is 15.8. The summed E-state index contributed by atoms with van der Waals surface area (Å²) in [5, 5.41) is 0. The minimum atomic E-state index is 0.649. The Morgan fingerprint density at radius 1 is 0.963 bits per heavy atom. The van der Waals surface area contributed by atoms with Gasteiger partial charge in [0.25, 0.3) is 0 Å². The van der Waals surface area contributed by atoms with Crippen molar-refractivity contribution in [1.82, 2.24) is 19.8 Å². The van der Waals surface area contributed by atoms with Crippen molar-refractivity contribution in [3.63, 3.8) is 0 Å². The van der Waals surface area contributed by atoms with Crippen molar-refractivity contribution in [1.29, 1.82) is 0 Å². The molecule has 0 unspecified atom stereocenters. The molecule has 2 aromatic rings. The molecule has 27 heavy (non-hydrogen) atoms. The molecule has 0 aliphatic carbocycles. The van der Waals surface area contributed by atoms with Gasteiger partial charge in [0.2, 0.25) is 0 Å². The lowest BCUT2D eigenvalue weighted by Gasteiger charge is -2.37. The van der Waals surface area contributed by atoms with Gasteiger partial charge in [-0.3, -0.25) is 9.80 Å². The van der Waals surface area contributed by atoms with E-state index in [9.17, 15) is 0 Å². The van der Waals surface area contributed by atoms with Gasteiger partial charge in [0.05, 0.1) is 6.26 Å². The second kappa shape index (κ2) is 7.70. The number of hydrogen-bond acceptors (Lipinski definition) is 6. The fraction of sp³-hybridized carbons (Fsp3) is 0.619. The van der Waals surface area contributed by atoms with E-state index in [1.165, 1.54) is 50.9 Å². The maximum atomic E-state index is 5.57. The highest BCUT2D eigenvalue weighted by Crippen LogP contribution is 2.31. The third-order valence-corrected chi connectivity index (χ3v) is 6.39. The second-order valence-corrected chi connectivity index (χ2v) is 8.22. The Kier molecular flexibility index (Phi) is 4.95. The van der Waals surface area contributed by atoms with Gasteiger partial charge in [0.1, 0.15) is 0 Å². The minimum Gasteiger partial charge on any atom is -0.461 e. The molecule has 6 rings (SSSR count). The van der Waals surface area contributed by atoms with Gasteiger partial charge in [0.15, 0.2) is 11.6 Å². The van der Waals surface area contributed by atoms with Crippen LogP contribution in [0.3, 0.4) is 0 Å². The normalized spacial score (nSPS) is 27.7. The van der Waals surface area contributed by atoms with Crippen LogP contribution in [-0.4, -0.2) is 64.7 Å². The fourth-order valence-corrected chi connectivity index (χ4v) is 4.96. The Balaban J connectivity index is 1.26. The van der Waals surface area contributed by atoms with Crippen LogP contribution in [0, 0.1) is 5.92 Å². The number of hydrogen-bond donors (Lipinski definition) is 0. The third kappa shape index (κ3) is 3.79. The summed E-state index contributed by atoms with van der Waals surface area (Å²) in [7, 11) is 0. The highest BCUT2D eigenvalue weighted by Gasteiger charge is 2.37. The molecule has 6 nitrogen and oxygen atoms in total.